The van der Waals surface area contributed by atoms with Crippen LogP contribution >= 0.6 is 11.6 Å². The lowest BCUT2D eigenvalue weighted by atomic mass is 10.1. The number of nitrogens with one attached hydrogen (secondary N) is 1. The second-order valence-corrected chi connectivity index (χ2v) is 9.30. The molecule has 0 bridgehead atoms. The molecule has 0 saturated carbocycles. The average Bonchev–Trinajstić information content (AvgIpc) is 3.26. The molecule has 0 spiro atoms. The molecule has 0 atom stereocenters. The minimum Gasteiger partial charge on any atom is -0.494 e. The van der Waals surface area contributed by atoms with E-state index in [1.807, 2.05) is 41.9 Å². The number of rotatable bonds is 8. The van der Waals surface area contributed by atoms with E-state index >= 15 is 0 Å². The first-order valence-electron chi connectivity index (χ1n) is 12.0. The average molecular weight is 544 g/mol. The van der Waals surface area contributed by atoms with Gasteiger partial charge < -0.3 is 19.2 Å². The van der Waals surface area contributed by atoms with Crippen molar-refractivity contribution in [3.05, 3.63) is 110 Å². The number of nitriles is 1. The van der Waals surface area contributed by atoms with Crippen LogP contribution in [-0.2, 0) is 26.6 Å². The van der Waals surface area contributed by atoms with Gasteiger partial charge in [-0.15, -0.1) is 0 Å². The predicted octanol–water partition coefficient (Wildman–Crippen LogP) is 4.45. The van der Waals surface area contributed by atoms with Gasteiger partial charge in [-0.1, -0.05) is 35.9 Å². The second-order valence-electron chi connectivity index (χ2n) is 8.86. The summed E-state index contributed by atoms with van der Waals surface area (Å²) in [6.07, 6.45) is 3.57. The van der Waals surface area contributed by atoms with Crippen LogP contribution in [0.5, 0.6) is 5.75 Å². The maximum absolute atomic E-state index is 14.8. The Labute approximate surface area is 228 Å². The predicted molar refractivity (Wildman–Crippen MR) is 145 cm³/mol. The number of hydrogen-bond acceptors (Lipinski definition) is 7. The molecule has 196 valence electrons. The highest BCUT2D eigenvalue weighted by Crippen LogP contribution is 2.26. The fourth-order valence-corrected chi connectivity index (χ4v) is 4.49. The summed E-state index contributed by atoms with van der Waals surface area (Å²) in [6, 6.07) is 15.9. The van der Waals surface area contributed by atoms with Gasteiger partial charge in [-0.3, -0.25) is 4.79 Å². The summed E-state index contributed by atoms with van der Waals surface area (Å²) in [5, 5.41) is 13.0. The lowest BCUT2D eigenvalue weighted by Crippen LogP contribution is -2.18. The molecule has 2 aromatic carbocycles. The van der Waals surface area contributed by atoms with E-state index in [0.29, 0.717) is 35.0 Å². The number of halogens is 2. The first kappa shape index (κ1) is 25.9. The molecular formula is C28H23ClFN7O2. The molecular weight excluding hydrogens is 521 g/mol. The standard InChI is InChI=1S/C28H23ClFN7O2/c1-36-23(11-17-3-5-18(6-4-17)14-37-15-20(29)8-10-24(37)38)35-26-27(33-16-34-28(26)36)32-13-21-19(12-31)7-9-22(39-2)25(21)30/h3-10,15-16H,11,13-14H2,1-2H3,(H,32,33,34). The van der Waals surface area contributed by atoms with Crippen LogP contribution < -0.4 is 15.6 Å². The van der Waals surface area contributed by atoms with Gasteiger partial charge in [-0.05, 0) is 29.3 Å². The maximum Gasteiger partial charge on any atom is 0.250 e. The van der Waals surface area contributed by atoms with Crippen LogP contribution in [0.3, 0.4) is 0 Å². The van der Waals surface area contributed by atoms with Gasteiger partial charge in [-0.2, -0.15) is 5.26 Å². The van der Waals surface area contributed by atoms with Crippen LogP contribution in [0.1, 0.15) is 28.1 Å². The number of hydrogen-bond donors (Lipinski definition) is 1. The summed E-state index contributed by atoms with van der Waals surface area (Å²) in [5.41, 5.74) is 3.41. The van der Waals surface area contributed by atoms with Gasteiger partial charge in [0.15, 0.2) is 28.5 Å². The third-order valence-corrected chi connectivity index (χ3v) is 6.64. The van der Waals surface area contributed by atoms with Crippen LogP contribution in [0.15, 0.2) is 65.8 Å². The Kier molecular flexibility index (Phi) is 7.25. The van der Waals surface area contributed by atoms with Gasteiger partial charge in [0.05, 0.1) is 30.3 Å². The second kappa shape index (κ2) is 10.9. The lowest BCUT2D eigenvalue weighted by Gasteiger charge is -2.11. The van der Waals surface area contributed by atoms with Crippen LogP contribution in [0.25, 0.3) is 11.2 Å². The van der Waals surface area contributed by atoms with Crippen LogP contribution in [0, 0.1) is 17.1 Å². The number of aromatic nitrogens is 5. The van der Waals surface area contributed by atoms with Crippen molar-refractivity contribution in [2.45, 2.75) is 19.5 Å². The van der Waals surface area contributed by atoms with Crippen molar-refractivity contribution in [3.8, 4) is 11.8 Å². The lowest BCUT2D eigenvalue weighted by molar-refractivity contribution is 0.384. The first-order valence-corrected chi connectivity index (χ1v) is 12.3. The number of anilines is 1. The summed E-state index contributed by atoms with van der Waals surface area (Å²) in [7, 11) is 3.25. The minimum absolute atomic E-state index is 0.0150. The molecule has 0 aliphatic carbocycles. The Morgan fingerprint density at radius 3 is 2.62 bits per heavy atom. The van der Waals surface area contributed by atoms with E-state index in [-0.39, 0.29) is 29.0 Å². The van der Waals surface area contributed by atoms with Crippen molar-refractivity contribution in [2.24, 2.45) is 7.05 Å². The monoisotopic (exact) mass is 543 g/mol. The molecule has 9 nitrogen and oxygen atoms in total. The first-order chi connectivity index (χ1) is 18.9. The molecule has 5 aromatic rings. The highest BCUT2D eigenvalue weighted by atomic mass is 35.5. The largest absolute Gasteiger partial charge is 0.494 e. The normalized spacial score (nSPS) is 10.9. The van der Waals surface area contributed by atoms with Gasteiger partial charge in [0.2, 0.25) is 0 Å². The Morgan fingerprint density at radius 1 is 1.10 bits per heavy atom. The number of nitrogens with zero attached hydrogens (tertiary/aromatic N) is 6. The van der Waals surface area contributed by atoms with Gasteiger partial charge in [0, 0.05) is 37.8 Å². The van der Waals surface area contributed by atoms with Gasteiger partial charge in [0.1, 0.15) is 12.2 Å². The molecule has 0 saturated heterocycles. The summed E-state index contributed by atoms with van der Waals surface area (Å²) in [5.74, 6) is 0.650. The van der Waals surface area contributed by atoms with Crippen LogP contribution in [0.4, 0.5) is 10.2 Å². The highest BCUT2D eigenvalue weighted by Gasteiger charge is 2.17. The van der Waals surface area contributed by atoms with E-state index in [1.165, 1.54) is 31.6 Å². The molecule has 3 aromatic heterocycles. The smallest absolute Gasteiger partial charge is 0.250 e. The summed E-state index contributed by atoms with van der Waals surface area (Å²) in [6.45, 7) is 0.430. The molecule has 0 aliphatic rings. The van der Waals surface area contributed by atoms with E-state index in [9.17, 15) is 14.4 Å². The van der Waals surface area contributed by atoms with E-state index < -0.39 is 5.82 Å². The van der Waals surface area contributed by atoms with E-state index in [1.54, 1.807) is 16.8 Å². The fourth-order valence-electron chi connectivity index (χ4n) is 4.31. The third-order valence-electron chi connectivity index (χ3n) is 6.41. The quantitative estimate of drug-likeness (QED) is 0.308. The summed E-state index contributed by atoms with van der Waals surface area (Å²) >= 11 is 6.02. The zero-order valence-corrected chi connectivity index (χ0v) is 21.9. The molecule has 1 N–H and O–H groups in total. The number of methoxy groups -OCH3 is 1. The minimum atomic E-state index is -0.597. The third kappa shape index (κ3) is 5.30. The molecule has 39 heavy (non-hydrogen) atoms. The Morgan fingerprint density at radius 2 is 1.87 bits per heavy atom. The fraction of sp³-hybridized carbons (Fsp3) is 0.179. The molecule has 0 unspecified atom stereocenters. The van der Waals surface area contributed by atoms with Crippen molar-refractivity contribution in [1.29, 1.82) is 5.26 Å². The highest BCUT2D eigenvalue weighted by molar-refractivity contribution is 6.30. The topological polar surface area (TPSA) is 111 Å². The number of ether oxygens (including phenoxy) is 1. The van der Waals surface area contributed by atoms with Crippen LogP contribution in [-0.4, -0.2) is 31.2 Å². The Bertz CT molecular complexity index is 1770. The van der Waals surface area contributed by atoms with Gasteiger partial charge >= 0.3 is 0 Å². The zero-order valence-electron chi connectivity index (χ0n) is 21.2. The van der Waals surface area contributed by atoms with Crippen molar-refractivity contribution < 1.29 is 9.13 Å². The van der Waals surface area contributed by atoms with Crippen LogP contribution in [0.2, 0.25) is 5.02 Å². The van der Waals surface area contributed by atoms with E-state index in [0.717, 1.165) is 17.0 Å². The SMILES string of the molecule is COc1ccc(C#N)c(CNc2ncnc3c2nc(Cc2ccc(Cn4cc(Cl)ccc4=O)cc2)n3C)c1F. The van der Waals surface area contributed by atoms with Gasteiger partial charge in [-0.25, -0.2) is 19.3 Å². The van der Waals surface area contributed by atoms with Crippen molar-refractivity contribution in [3.63, 3.8) is 0 Å². The number of fused-ring (bicyclic) bond motifs is 1. The van der Waals surface area contributed by atoms with E-state index in [4.69, 9.17) is 21.3 Å². The zero-order chi connectivity index (χ0) is 27.5. The van der Waals surface area contributed by atoms with E-state index in [2.05, 4.69) is 15.3 Å². The molecule has 0 radical (unpaired) electrons. The Hall–Kier alpha value is -4.75. The number of aryl methyl sites for hydroxylation is 1. The molecule has 5 rings (SSSR count). The Balaban J connectivity index is 1.36. The number of imidazole rings is 1. The van der Waals surface area contributed by atoms with Crippen molar-refractivity contribution >= 4 is 28.6 Å². The molecule has 0 aliphatic heterocycles. The number of pyridine rings is 1. The van der Waals surface area contributed by atoms with Crippen molar-refractivity contribution in [2.75, 3.05) is 12.4 Å². The summed E-state index contributed by atoms with van der Waals surface area (Å²) < 4.78 is 23.3. The number of benzene rings is 2. The molecule has 3 heterocycles. The van der Waals surface area contributed by atoms with Crippen molar-refractivity contribution in [1.82, 2.24) is 24.1 Å². The molecule has 11 heteroatoms. The summed E-state index contributed by atoms with van der Waals surface area (Å²) in [4.78, 5) is 25.5. The van der Waals surface area contributed by atoms with Gasteiger partial charge in [0.25, 0.3) is 5.56 Å². The molecule has 0 fully saturated rings. The maximum atomic E-state index is 14.8. The molecule has 0 amide bonds.